The quantitative estimate of drug-likeness (QED) is 0.639. The van der Waals surface area contributed by atoms with E-state index in [1.807, 2.05) is 34.9 Å². The summed E-state index contributed by atoms with van der Waals surface area (Å²) >= 11 is 5.03. The highest BCUT2D eigenvalue weighted by Crippen LogP contribution is 2.08. The summed E-state index contributed by atoms with van der Waals surface area (Å²) in [6.45, 7) is 1.50. The molecule has 1 N–H and O–H groups in total. The molecule has 0 saturated heterocycles. The van der Waals surface area contributed by atoms with E-state index in [0.717, 1.165) is 18.7 Å². The fourth-order valence-electron chi connectivity index (χ4n) is 1.37. The van der Waals surface area contributed by atoms with Crippen LogP contribution in [0.5, 0.6) is 5.75 Å². The van der Waals surface area contributed by atoms with Crippen molar-refractivity contribution in [3.63, 3.8) is 0 Å². The van der Waals surface area contributed by atoms with Gasteiger partial charge in [0.05, 0.1) is 6.61 Å². The molecule has 1 heterocycles. The molecule has 0 amide bonds. The molecule has 0 atom stereocenters. The van der Waals surface area contributed by atoms with Gasteiger partial charge in [-0.3, -0.25) is 5.10 Å². The number of nitrogens with zero attached hydrogens (tertiary/aromatic N) is 2. The van der Waals surface area contributed by atoms with E-state index in [4.69, 9.17) is 17.0 Å². The summed E-state index contributed by atoms with van der Waals surface area (Å²) in [7, 11) is 0. The fourth-order valence-corrected chi connectivity index (χ4v) is 1.56. The second kappa shape index (κ2) is 5.46. The molecule has 16 heavy (non-hydrogen) atoms. The van der Waals surface area contributed by atoms with E-state index < -0.39 is 0 Å². The van der Waals surface area contributed by atoms with E-state index in [-0.39, 0.29) is 0 Å². The first kappa shape index (κ1) is 10.9. The zero-order valence-corrected chi connectivity index (χ0v) is 9.61. The largest absolute Gasteiger partial charge is 0.494 e. The molecular formula is C11H13N3OS. The summed E-state index contributed by atoms with van der Waals surface area (Å²) in [5.74, 6) is 0.901. The van der Waals surface area contributed by atoms with Crippen molar-refractivity contribution in [1.82, 2.24) is 14.8 Å². The van der Waals surface area contributed by atoms with Crippen molar-refractivity contribution < 1.29 is 4.74 Å². The van der Waals surface area contributed by atoms with Crippen molar-refractivity contribution in [2.75, 3.05) is 6.61 Å². The minimum absolute atomic E-state index is 0.653. The third-order valence-corrected chi connectivity index (χ3v) is 2.50. The molecule has 2 rings (SSSR count). The van der Waals surface area contributed by atoms with E-state index in [1.165, 1.54) is 0 Å². The number of aryl methyl sites for hydroxylation is 1. The van der Waals surface area contributed by atoms with Crippen molar-refractivity contribution in [2.45, 2.75) is 13.0 Å². The van der Waals surface area contributed by atoms with Crippen LogP contribution in [0.25, 0.3) is 0 Å². The van der Waals surface area contributed by atoms with Crippen LogP contribution in [0.4, 0.5) is 0 Å². The topological polar surface area (TPSA) is 42.8 Å². The Hall–Kier alpha value is -1.62. The van der Waals surface area contributed by atoms with Crippen LogP contribution in [0, 0.1) is 4.77 Å². The van der Waals surface area contributed by atoms with E-state index in [0.29, 0.717) is 11.4 Å². The molecule has 0 aliphatic carbocycles. The Balaban J connectivity index is 1.74. The zero-order chi connectivity index (χ0) is 11.2. The normalized spacial score (nSPS) is 10.2. The third kappa shape index (κ3) is 2.93. The smallest absolute Gasteiger partial charge is 0.194 e. The van der Waals surface area contributed by atoms with Crippen LogP contribution < -0.4 is 4.74 Å². The van der Waals surface area contributed by atoms with Gasteiger partial charge in [-0.2, -0.15) is 5.10 Å². The molecule has 0 saturated carbocycles. The molecule has 0 unspecified atom stereocenters. The third-order valence-electron chi connectivity index (χ3n) is 2.17. The van der Waals surface area contributed by atoms with Crippen LogP contribution in [-0.2, 0) is 6.54 Å². The molecule has 0 spiro atoms. The summed E-state index contributed by atoms with van der Waals surface area (Å²) < 4.78 is 8.11. The van der Waals surface area contributed by atoms with Crippen LogP contribution >= 0.6 is 12.2 Å². The van der Waals surface area contributed by atoms with Crippen LogP contribution in [0.3, 0.4) is 0 Å². The number of nitrogens with one attached hydrogen (secondary N) is 1. The van der Waals surface area contributed by atoms with E-state index in [1.54, 1.807) is 6.33 Å². The van der Waals surface area contributed by atoms with Crippen LogP contribution in [0.1, 0.15) is 6.42 Å². The molecule has 4 nitrogen and oxygen atoms in total. The van der Waals surface area contributed by atoms with Crippen LogP contribution in [0.2, 0.25) is 0 Å². The number of para-hydroxylation sites is 1. The highest BCUT2D eigenvalue weighted by molar-refractivity contribution is 7.71. The van der Waals surface area contributed by atoms with Gasteiger partial charge in [0.1, 0.15) is 12.1 Å². The van der Waals surface area contributed by atoms with Gasteiger partial charge in [0.2, 0.25) is 0 Å². The lowest BCUT2D eigenvalue weighted by Gasteiger charge is -2.05. The van der Waals surface area contributed by atoms with Crippen molar-refractivity contribution in [3.8, 4) is 5.75 Å². The molecule has 1 aromatic heterocycles. The maximum absolute atomic E-state index is 5.57. The molecule has 5 heteroatoms. The first-order valence-electron chi connectivity index (χ1n) is 5.14. The predicted octanol–water partition coefficient (Wildman–Crippen LogP) is 2.41. The van der Waals surface area contributed by atoms with Gasteiger partial charge in [0.25, 0.3) is 0 Å². The lowest BCUT2D eigenvalue weighted by atomic mass is 10.3. The average molecular weight is 235 g/mol. The highest BCUT2D eigenvalue weighted by atomic mass is 32.1. The average Bonchev–Trinajstić information content (AvgIpc) is 2.72. The molecule has 0 radical (unpaired) electrons. The Kier molecular flexibility index (Phi) is 3.71. The molecule has 0 aliphatic heterocycles. The standard InChI is InChI=1S/C11H13N3OS/c16-11-13-12-9-14(11)7-4-8-15-10-5-2-1-3-6-10/h1-3,5-6,9H,4,7-8H2,(H,13,16). The minimum atomic E-state index is 0.653. The highest BCUT2D eigenvalue weighted by Gasteiger charge is 1.95. The van der Waals surface area contributed by atoms with Crippen molar-refractivity contribution >= 4 is 12.2 Å². The Morgan fingerprint density at radius 3 is 2.81 bits per heavy atom. The Bertz CT molecular complexity index is 477. The summed E-state index contributed by atoms with van der Waals surface area (Å²) in [5.41, 5.74) is 0. The molecule has 0 aliphatic rings. The first-order valence-corrected chi connectivity index (χ1v) is 5.55. The fraction of sp³-hybridized carbons (Fsp3) is 0.273. The van der Waals surface area contributed by atoms with Gasteiger partial charge in [0.15, 0.2) is 4.77 Å². The van der Waals surface area contributed by atoms with Gasteiger partial charge < -0.3 is 9.30 Å². The van der Waals surface area contributed by atoms with Crippen molar-refractivity contribution in [1.29, 1.82) is 0 Å². The number of rotatable bonds is 5. The van der Waals surface area contributed by atoms with Crippen molar-refractivity contribution in [2.24, 2.45) is 0 Å². The van der Waals surface area contributed by atoms with Crippen LogP contribution in [0.15, 0.2) is 36.7 Å². The number of ether oxygens (including phenoxy) is 1. The Labute approximate surface area is 98.9 Å². The molecular weight excluding hydrogens is 222 g/mol. The molecule has 1 aromatic carbocycles. The van der Waals surface area contributed by atoms with Crippen molar-refractivity contribution in [3.05, 3.63) is 41.4 Å². The van der Waals surface area contributed by atoms with E-state index in [2.05, 4.69) is 10.2 Å². The summed E-state index contributed by atoms with van der Waals surface area (Å²) in [5, 5.41) is 6.57. The molecule has 2 aromatic rings. The molecule has 84 valence electrons. The van der Waals surface area contributed by atoms with Gasteiger partial charge in [-0.15, -0.1) is 0 Å². The second-order valence-electron chi connectivity index (χ2n) is 3.37. The van der Waals surface area contributed by atoms with E-state index in [9.17, 15) is 0 Å². The van der Waals surface area contributed by atoms with Gasteiger partial charge in [0, 0.05) is 6.54 Å². The zero-order valence-electron chi connectivity index (χ0n) is 8.80. The number of aromatic nitrogens is 3. The predicted molar refractivity (Wildman–Crippen MR) is 64.0 cm³/mol. The maximum atomic E-state index is 5.57. The minimum Gasteiger partial charge on any atom is -0.494 e. The number of benzene rings is 1. The number of aromatic amines is 1. The Morgan fingerprint density at radius 2 is 2.12 bits per heavy atom. The SMILES string of the molecule is S=c1[nH]ncn1CCCOc1ccccc1. The lowest BCUT2D eigenvalue weighted by molar-refractivity contribution is 0.301. The van der Waals surface area contributed by atoms with Gasteiger partial charge in [-0.25, -0.2) is 0 Å². The van der Waals surface area contributed by atoms with Gasteiger partial charge >= 0.3 is 0 Å². The van der Waals surface area contributed by atoms with E-state index >= 15 is 0 Å². The summed E-state index contributed by atoms with van der Waals surface area (Å²) in [4.78, 5) is 0. The van der Waals surface area contributed by atoms with Gasteiger partial charge in [-0.05, 0) is 30.8 Å². The van der Waals surface area contributed by atoms with Crippen LogP contribution in [-0.4, -0.2) is 21.4 Å². The number of H-pyrrole nitrogens is 1. The molecule has 0 bridgehead atoms. The maximum Gasteiger partial charge on any atom is 0.194 e. The number of hydrogen-bond donors (Lipinski definition) is 1. The second-order valence-corrected chi connectivity index (χ2v) is 3.76. The molecule has 0 fully saturated rings. The van der Waals surface area contributed by atoms with Gasteiger partial charge in [-0.1, -0.05) is 18.2 Å². The lowest BCUT2D eigenvalue weighted by Crippen LogP contribution is -2.03. The first-order chi connectivity index (χ1) is 7.86. The monoisotopic (exact) mass is 235 g/mol. The Morgan fingerprint density at radius 1 is 1.31 bits per heavy atom. The summed E-state index contributed by atoms with van der Waals surface area (Å²) in [6.07, 6.45) is 2.60. The number of hydrogen-bond acceptors (Lipinski definition) is 3. The summed E-state index contributed by atoms with van der Waals surface area (Å²) in [6, 6.07) is 9.79.